The molecule has 0 saturated carbocycles. The number of likely N-dealkylation sites (tertiary alicyclic amines) is 1. The van der Waals surface area contributed by atoms with E-state index in [9.17, 15) is 4.79 Å². The lowest BCUT2D eigenvalue weighted by Crippen LogP contribution is -2.52. The first-order valence-electron chi connectivity index (χ1n) is 9.71. The smallest absolute Gasteiger partial charge is 0.253 e. The standard InChI is InChI=1S/C20H28N4O3/c1-26-9-7-23-8-10-27-14-20(12-23)5-2-6-24(13-20)19(25)16-3-4-17-18(11-16)22-15-21-17/h3-4,11,15H,2,5-10,12-14H2,1H3,(H,21,22). The van der Waals surface area contributed by atoms with E-state index in [1.54, 1.807) is 13.4 Å². The Kier molecular flexibility index (Phi) is 5.43. The Hall–Kier alpha value is -1.96. The minimum atomic E-state index is 0.0102. The Balaban J connectivity index is 1.49. The summed E-state index contributed by atoms with van der Waals surface area (Å²) >= 11 is 0. The van der Waals surface area contributed by atoms with Crippen LogP contribution in [0, 0.1) is 5.41 Å². The van der Waals surface area contributed by atoms with E-state index in [-0.39, 0.29) is 11.3 Å². The average molecular weight is 372 g/mol. The van der Waals surface area contributed by atoms with Gasteiger partial charge in [0.1, 0.15) is 0 Å². The molecular formula is C20H28N4O3. The van der Waals surface area contributed by atoms with Crippen molar-refractivity contribution >= 4 is 16.9 Å². The number of nitrogens with one attached hydrogen (secondary N) is 1. The van der Waals surface area contributed by atoms with Crippen LogP contribution in [-0.4, -0.2) is 85.3 Å². The highest BCUT2D eigenvalue weighted by molar-refractivity contribution is 5.97. The van der Waals surface area contributed by atoms with Gasteiger partial charge in [-0.15, -0.1) is 0 Å². The molecule has 2 aliphatic rings. The molecule has 1 amide bonds. The summed E-state index contributed by atoms with van der Waals surface area (Å²) in [5, 5.41) is 0. The third-order valence-corrected chi connectivity index (χ3v) is 5.75. The number of imidazole rings is 1. The molecule has 7 nitrogen and oxygen atoms in total. The molecule has 2 fully saturated rings. The van der Waals surface area contributed by atoms with Gasteiger partial charge in [0.15, 0.2) is 0 Å². The topological polar surface area (TPSA) is 70.7 Å². The molecule has 2 aliphatic heterocycles. The highest BCUT2D eigenvalue weighted by atomic mass is 16.5. The van der Waals surface area contributed by atoms with Gasteiger partial charge in [-0.25, -0.2) is 4.98 Å². The van der Waals surface area contributed by atoms with Crippen LogP contribution in [0.1, 0.15) is 23.2 Å². The van der Waals surface area contributed by atoms with Crippen LogP contribution in [0.25, 0.3) is 11.0 Å². The highest BCUT2D eigenvalue weighted by Gasteiger charge is 2.40. The lowest BCUT2D eigenvalue weighted by atomic mass is 9.80. The van der Waals surface area contributed by atoms with Crippen molar-refractivity contribution in [1.29, 1.82) is 0 Å². The van der Waals surface area contributed by atoms with E-state index in [2.05, 4.69) is 14.9 Å². The lowest BCUT2D eigenvalue weighted by Gasteiger charge is -2.43. The summed E-state index contributed by atoms with van der Waals surface area (Å²) in [4.78, 5) is 24.9. The second-order valence-corrected chi connectivity index (χ2v) is 7.79. The van der Waals surface area contributed by atoms with E-state index in [4.69, 9.17) is 9.47 Å². The molecule has 0 aliphatic carbocycles. The third kappa shape index (κ3) is 4.00. The average Bonchev–Trinajstić information content (AvgIpc) is 3.08. The number of aromatic nitrogens is 2. The predicted molar refractivity (Wildman–Crippen MR) is 103 cm³/mol. The molecule has 27 heavy (non-hydrogen) atoms. The maximum absolute atomic E-state index is 13.1. The molecule has 3 heterocycles. The third-order valence-electron chi connectivity index (χ3n) is 5.75. The molecule has 0 bridgehead atoms. The monoisotopic (exact) mass is 372 g/mol. The van der Waals surface area contributed by atoms with Crippen LogP contribution in [-0.2, 0) is 9.47 Å². The fourth-order valence-corrected chi connectivity index (χ4v) is 4.37. The van der Waals surface area contributed by atoms with Crippen LogP contribution in [0.2, 0.25) is 0 Å². The largest absolute Gasteiger partial charge is 0.383 e. The van der Waals surface area contributed by atoms with Crippen molar-refractivity contribution in [2.75, 3.05) is 59.7 Å². The van der Waals surface area contributed by atoms with Crippen LogP contribution < -0.4 is 0 Å². The Labute approximate surface area is 159 Å². The van der Waals surface area contributed by atoms with Gasteiger partial charge >= 0.3 is 0 Å². The first-order chi connectivity index (χ1) is 13.2. The maximum Gasteiger partial charge on any atom is 0.253 e. The molecule has 1 N–H and O–H groups in total. The second kappa shape index (κ2) is 7.96. The lowest BCUT2D eigenvalue weighted by molar-refractivity contribution is 0.00621. The number of ether oxygens (including phenoxy) is 2. The summed E-state index contributed by atoms with van der Waals surface area (Å²) in [7, 11) is 1.74. The Morgan fingerprint density at radius 3 is 3.19 bits per heavy atom. The zero-order valence-electron chi connectivity index (χ0n) is 15.9. The summed E-state index contributed by atoms with van der Waals surface area (Å²) in [6, 6.07) is 5.68. The quantitative estimate of drug-likeness (QED) is 0.886. The molecule has 4 rings (SSSR count). The molecule has 0 radical (unpaired) electrons. The van der Waals surface area contributed by atoms with Gasteiger partial charge < -0.3 is 19.4 Å². The Bertz CT molecular complexity index is 792. The van der Waals surface area contributed by atoms with E-state index >= 15 is 0 Å². The summed E-state index contributed by atoms with van der Waals surface area (Å²) in [6.45, 7) is 6.54. The molecule has 1 aromatic carbocycles. The molecular weight excluding hydrogens is 344 g/mol. The molecule has 1 spiro atoms. The van der Waals surface area contributed by atoms with E-state index in [1.807, 2.05) is 23.1 Å². The molecule has 7 heteroatoms. The van der Waals surface area contributed by atoms with Crippen molar-refractivity contribution in [3.05, 3.63) is 30.1 Å². The van der Waals surface area contributed by atoms with Crippen molar-refractivity contribution in [2.24, 2.45) is 5.41 Å². The van der Waals surface area contributed by atoms with E-state index in [1.165, 1.54) is 0 Å². The number of nitrogens with zero attached hydrogens (tertiary/aromatic N) is 3. The molecule has 1 atom stereocenters. The number of rotatable bonds is 4. The fourth-order valence-electron chi connectivity index (χ4n) is 4.37. The molecule has 1 aromatic heterocycles. The number of amides is 1. The van der Waals surface area contributed by atoms with E-state index < -0.39 is 0 Å². The molecule has 2 aromatic rings. The SMILES string of the molecule is COCCN1CCOCC2(CCCN(C(=O)c3ccc4nc[nH]c4c3)C2)C1. The van der Waals surface area contributed by atoms with E-state index in [0.29, 0.717) is 0 Å². The Morgan fingerprint density at radius 1 is 1.37 bits per heavy atom. The van der Waals surface area contributed by atoms with E-state index in [0.717, 1.165) is 82.0 Å². The Morgan fingerprint density at radius 2 is 2.30 bits per heavy atom. The van der Waals surface area contributed by atoms with Crippen molar-refractivity contribution in [1.82, 2.24) is 19.8 Å². The van der Waals surface area contributed by atoms with Crippen molar-refractivity contribution in [3.63, 3.8) is 0 Å². The molecule has 146 valence electrons. The van der Waals surface area contributed by atoms with Crippen LogP contribution in [0.15, 0.2) is 24.5 Å². The summed E-state index contributed by atoms with van der Waals surface area (Å²) in [5.74, 6) is 0.0956. The van der Waals surface area contributed by atoms with Gasteiger partial charge in [0.25, 0.3) is 5.91 Å². The number of carbonyl (C=O) groups excluding carboxylic acids is 1. The minimum Gasteiger partial charge on any atom is -0.383 e. The van der Waals surface area contributed by atoms with Gasteiger partial charge in [0.2, 0.25) is 0 Å². The maximum atomic E-state index is 13.1. The van der Waals surface area contributed by atoms with Gasteiger partial charge in [0, 0.05) is 50.8 Å². The van der Waals surface area contributed by atoms with Crippen LogP contribution in [0.4, 0.5) is 0 Å². The van der Waals surface area contributed by atoms with Gasteiger partial charge in [-0.2, -0.15) is 0 Å². The number of fused-ring (bicyclic) bond motifs is 1. The van der Waals surface area contributed by atoms with Crippen molar-refractivity contribution in [3.8, 4) is 0 Å². The zero-order valence-corrected chi connectivity index (χ0v) is 15.9. The first kappa shape index (κ1) is 18.4. The van der Waals surface area contributed by atoms with Gasteiger partial charge in [-0.3, -0.25) is 9.69 Å². The second-order valence-electron chi connectivity index (χ2n) is 7.79. The minimum absolute atomic E-state index is 0.0102. The first-order valence-corrected chi connectivity index (χ1v) is 9.71. The number of benzene rings is 1. The molecule has 2 saturated heterocycles. The van der Waals surface area contributed by atoms with Crippen molar-refractivity contribution in [2.45, 2.75) is 12.8 Å². The summed E-state index contributed by atoms with van der Waals surface area (Å²) in [6.07, 6.45) is 3.77. The predicted octanol–water partition coefficient (Wildman–Crippen LogP) is 1.76. The van der Waals surface area contributed by atoms with Crippen LogP contribution >= 0.6 is 0 Å². The summed E-state index contributed by atoms with van der Waals surface area (Å²) in [5.41, 5.74) is 2.51. The number of hydrogen-bond acceptors (Lipinski definition) is 5. The van der Waals surface area contributed by atoms with Crippen molar-refractivity contribution < 1.29 is 14.3 Å². The number of piperidine rings is 1. The van der Waals surface area contributed by atoms with Gasteiger partial charge in [-0.05, 0) is 31.0 Å². The van der Waals surface area contributed by atoms with Crippen LogP contribution in [0.3, 0.4) is 0 Å². The number of carbonyl (C=O) groups is 1. The van der Waals surface area contributed by atoms with Gasteiger partial charge in [-0.1, -0.05) is 0 Å². The zero-order chi connectivity index (χ0) is 18.7. The highest BCUT2D eigenvalue weighted by Crippen LogP contribution is 2.33. The summed E-state index contributed by atoms with van der Waals surface area (Å²) < 4.78 is 11.2. The van der Waals surface area contributed by atoms with Crippen LogP contribution in [0.5, 0.6) is 0 Å². The number of hydrogen-bond donors (Lipinski definition) is 1. The number of aromatic amines is 1. The molecule has 1 unspecified atom stereocenters. The number of H-pyrrole nitrogens is 1. The fraction of sp³-hybridized carbons (Fsp3) is 0.600. The normalized spacial score (nSPS) is 24.4. The number of methoxy groups -OCH3 is 1. The van der Waals surface area contributed by atoms with Gasteiger partial charge in [0.05, 0.1) is 37.2 Å².